The highest BCUT2D eigenvalue weighted by atomic mass is 79.9. The van der Waals surface area contributed by atoms with Crippen LogP contribution in [0.15, 0.2) is 22.7 Å². The summed E-state index contributed by atoms with van der Waals surface area (Å²) in [5.74, 6) is 0. The van der Waals surface area contributed by atoms with E-state index in [2.05, 4.69) is 53.3 Å². The van der Waals surface area contributed by atoms with E-state index in [9.17, 15) is 5.11 Å². The highest BCUT2D eigenvalue weighted by Gasteiger charge is 2.32. The Kier molecular flexibility index (Phi) is 4.43. The average Bonchev–Trinajstić information content (AvgIpc) is 2.77. The molecule has 0 spiro atoms. The van der Waals surface area contributed by atoms with Crippen LogP contribution in [0.2, 0.25) is 0 Å². The molecule has 1 saturated heterocycles. The predicted molar refractivity (Wildman–Crippen MR) is 75.7 cm³/mol. The standard InChI is InChI=1S/C14H20BrNO2/c1-10-7-12(3-4-13(10)15)11(2)16-8-14(17)5-6-18-9-14/h3-4,7,11,16-17H,5-6,8-9H2,1-2H3/t11-,14+/m0/s1. The molecule has 1 aliphatic rings. The lowest BCUT2D eigenvalue weighted by atomic mass is 10.0. The Morgan fingerprint density at radius 2 is 2.33 bits per heavy atom. The zero-order chi connectivity index (χ0) is 13.2. The molecule has 2 N–H and O–H groups in total. The highest BCUT2D eigenvalue weighted by molar-refractivity contribution is 9.10. The molecule has 0 amide bonds. The number of rotatable bonds is 4. The van der Waals surface area contributed by atoms with Gasteiger partial charge in [-0.05, 0) is 31.0 Å². The average molecular weight is 314 g/mol. The fraction of sp³-hybridized carbons (Fsp3) is 0.571. The summed E-state index contributed by atoms with van der Waals surface area (Å²) in [4.78, 5) is 0. The lowest BCUT2D eigenvalue weighted by Gasteiger charge is -2.24. The number of benzene rings is 1. The molecule has 18 heavy (non-hydrogen) atoms. The van der Waals surface area contributed by atoms with Crippen LogP contribution in [0.3, 0.4) is 0 Å². The van der Waals surface area contributed by atoms with E-state index in [4.69, 9.17) is 4.74 Å². The van der Waals surface area contributed by atoms with Gasteiger partial charge in [0, 0.05) is 30.1 Å². The summed E-state index contributed by atoms with van der Waals surface area (Å²) in [5, 5.41) is 13.6. The van der Waals surface area contributed by atoms with Crippen molar-refractivity contribution >= 4 is 15.9 Å². The largest absolute Gasteiger partial charge is 0.386 e. The van der Waals surface area contributed by atoms with E-state index in [1.54, 1.807) is 0 Å². The molecule has 100 valence electrons. The van der Waals surface area contributed by atoms with E-state index in [1.807, 2.05) is 0 Å². The lowest BCUT2D eigenvalue weighted by molar-refractivity contribution is 0.0252. The molecule has 0 aliphatic carbocycles. The number of aryl methyl sites for hydroxylation is 1. The molecule has 0 bridgehead atoms. The first kappa shape index (κ1) is 14.0. The first-order chi connectivity index (χ1) is 8.50. The monoisotopic (exact) mass is 313 g/mol. The lowest BCUT2D eigenvalue weighted by Crippen LogP contribution is -2.41. The van der Waals surface area contributed by atoms with Gasteiger partial charge in [-0.3, -0.25) is 0 Å². The molecule has 0 saturated carbocycles. The van der Waals surface area contributed by atoms with Crippen LogP contribution in [0, 0.1) is 6.92 Å². The van der Waals surface area contributed by atoms with Crippen molar-refractivity contribution in [3.05, 3.63) is 33.8 Å². The van der Waals surface area contributed by atoms with Crippen LogP contribution in [0.4, 0.5) is 0 Å². The minimum atomic E-state index is -0.696. The van der Waals surface area contributed by atoms with Gasteiger partial charge in [-0.2, -0.15) is 0 Å². The minimum Gasteiger partial charge on any atom is -0.386 e. The minimum absolute atomic E-state index is 0.224. The maximum Gasteiger partial charge on any atom is 0.103 e. The Bertz CT molecular complexity index is 416. The summed E-state index contributed by atoms with van der Waals surface area (Å²) >= 11 is 3.50. The van der Waals surface area contributed by atoms with E-state index < -0.39 is 5.60 Å². The number of halogens is 1. The quantitative estimate of drug-likeness (QED) is 0.897. The van der Waals surface area contributed by atoms with Gasteiger partial charge in [-0.25, -0.2) is 0 Å². The summed E-state index contributed by atoms with van der Waals surface area (Å²) in [6.45, 7) is 5.86. The van der Waals surface area contributed by atoms with E-state index in [0.717, 1.165) is 4.47 Å². The number of hydrogen-bond acceptors (Lipinski definition) is 3. The predicted octanol–water partition coefficient (Wildman–Crippen LogP) is 2.56. The highest BCUT2D eigenvalue weighted by Crippen LogP contribution is 2.22. The number of aliphatic hydroxyl groups is 1. The van der Waals surface area contributed by atoms with Gasteiger partial charge in [0.25, 0.3) is 0 Å². The summed E-state index contributed by atoms with van der Waals surface area (Å²) < 4.78 is 6.36. The van der Waals surface area contributed by atoms with Gasteiger partial charge < -0.3 is 15.2 Å². The molecule has 3 nitrogen and oxygen atoms in total. The molecule has 4 heteroatoms. The normalized spacial score (nSPS) is 25.3. The first-order valence-corrected chi connectivity index (χ1v) is 7.09. The van der Waals surface area contributed by atoms with Crippen molar-refractivity contribution < 1.29 is 9.84 Å². The molecule has 0 radical (unpaired) electrons. The molecule has 0 aromatic heterocycles. The van der Waals surface area contributed by atoms with E-state index in [1.165, 1.54) is 11.1 Å². The maximum absolute atomic E-state index is 10.2. The van der Waals surface area contributed by atoms with Gasteiger partial charge in [0.1, 0.15) is 5.60 Å². The SMILES string of the molecule is Cc1cc([C@H](C)NC[C@]2(O)CCOC2)ccc1Br. The van der Waals surface area contributed by atoms with Crippen molar-refractivity contribution in [2.75, 3.05) is 19.8 Å². The summed E-state index contributed by atoms with van der Waals surface area (Å²) in [6, 6.07) is 6.55. The Hall–Kier alpha value is -0.420. The fourth-order valence-corrected chi connectivity index (χ4v) is 2.38. The molecule has 1 aromatic rings. The molecule has 1 aliphatic heterocycles. The van der Waals surface area contributed by atoms with E-state index in [0.29, 0.717) is 26.2 Å². The van der Waals surface area contributed by atoms with Gasteiger partial charge in [0.2, 0.25) is 0 Å². The Morgan fingerprint density at radius 1 is 1.56 bits per heavy atom. The van der Waals surface area contributed by atoms with Gasteiger partial charge in [-0.1, -0.05) is 28.1 Å². The Balaban J connectivity index is 1.94. The Morgan fingerprint density at radius 3 is 2.94 bits per heavy atom. The number of nitrogens with one attached hydrogen (secondary N) is 1. The van der Waals surface area contributed by atoms with Gasteiger partial charge >= 0.3 is 0 Å². The van der Waals surface area contributed by atoms with E-state index >= 15 is 0 Å². The third-order valence-electron chi connectivity index (χ3n) is 3.50. The summed E-state index contributed by atoms with van der Waals surface area (Å²) in [5.41, 5.74) is 1.76. The van der Waals surface area contributed by atoms with Crippen LogP contribution in [0.1, 0.15) is 30.5 Å². The molecular weight excluding hydrogens is 294 g/mol. The van der Waals surface area contributed by atoms with Crippen molar-refractivity contribution in [2.24, 2.45) is 0 Å². The Labute approximate surface area is 117 Å². The van der Waals surface area contributed by atoms with Crippen molar-refractivity contribution in [2.45, 2.75) is 31.9 Å². The van der Waals surface area contributed by atoms with Crippen molar-refractivity contribution in [1.82, 2.24) is 5.32 Å². The van der Waals surface area contributed by atoms with Crippen molar-refractivity contribution in [3.63, 3.8) is 0 Å². The molecule has 2 atom stereocenters. The topological polar surface area (TPSA) is 41.5 Å². The van der Waals surface area contributed by atoms with E-state index in [-0.39, 0.29) is 6.04 Å². The number of ether oxygens (including phenoxy) is 1. The van der Waals surface area contributed by atoms with Crippen molar-refractivity contribution in [1.29, 1.82) is 0 Å². The number of hydrogen-bond donors (Lipinski definition) is 2. The van der Waals surface area contributed by atoms with Crippen LogP contribution in [-0.2, 0) is 4.74 Å². The molecular formula is C14H20BrNO2. The second-order valence-electron chi connectivity index (χ2n) is 5.14. The van der Waals surface area contributed by atoms with Gasteiger partial charge in [-0.15, -0.1) is 0 Å². The summed E-state index contributed by atoms with van der Waals surface area (Å²) in [6.07, 6.45) is 0.714. The first-order valence-electron chi connectivity index (χ1n) is 6.30. The zero-order valence-electron chi connectivity index (χ0n) is 10.9. The fourth-order valence-electron chi connectivity index (χ4n) is 2.13. The molecule has 0 unspecified atom stereocenters. The van der Waals surface area contributed by atoms with Crippen LogP contribution in [0.5, 0.6) is 0 Å². The van der Waals surface area contributed by atoms with Crippen LogP contribution in [0.25, 0.3) is 0 Å². The zero-order valence-corrected chi connectivity index (χ0v) is 12.5. The summed E-state index contributed by atoms with van der Waals surface area (Å²) in [7, 11) is 0. The van der Waals surface area contributed by atoms with Crippen LogP contribution < -0.4 is 5.32 Å². The van der Waals surface area contributed by atoms with Crippen molar-refractivity contribution in [3.8, 4) is 0 Å². The second-order valence-corrected chi connectivity index (χ2v) is 5.99. The molecule has 1 aromatic carbocycles. The molecule has 1 heterocycles. The van der Waals surface area contributed by atoms with Crippen LogP contribution in [-0.4, -0.2) is 30.5 Å². The third kappa shape index (κ3) is 3.32. The van der Waals surface area contributed by atoms with Crippen LogP contribution >= 0.6 is 15.9 Å². The van der Waals surface area contributed by atoms with Gasteiger partial charge in [0.15, 0.2) is 0 Å². The van der Waals surface area contributed by atoms with Gasteiger partial charge in [0.05, 0.1) is 6.61 Å². The molecule has 1 fully saturated rings. The maximum atomic E-state index is 10.2. The third-order valence-corrected chi connectivity index (χ3v) is 4.39. The molecule has 2 rings (SSSR count). The second kappa shape index (κ2) is 5.70. The smallest absolute Gasteiger partial charge is 0.103 e.